The van der Waals surface area contributed by atoms with E-state index in [1.807, 2.05) is 12.3 Å². The number of nitrogens with one attached hydrogen (secondary N) is 1. The van der Waals surface area contributed by atoms with Crippen LogP contribution >= 0.6 is 0 Å². The molecule has 1 aliphatic heterocycles. The lowest BCUT2D eigenvalue weighted by atomic mass is 9.99. The highest BCUT2D eigenvalue weighted by Gasteiger charge is 2.13. The summed E-state index contributed by atoms with van der Waals surface area (Å²) in [7, 11) is 0. The predicted octanol–water partition coefficient (Wildman–Crippen LogP) is 1.97. The fourth-order valence-electron chi connectivity index (χ4n) is 2.26. The molecule has 3 nitrogen and oxygen atoms in total. The molecule has 1 atom stereocenters. The van der Waals surface area contributed by atoms with Crippen LogP contribution in [0.25, 0.3) is 0 Å². The normalized spacial score (nSPS) is 21.7. The van der Waals surface area contributed by atoms with Gasteiger partial charge in [-0.25, -0.2) is 9.97 Å². The molecule has 1 aliphatic rings. The van der Waals surface area contributed by atoms with Gasteiger partial charge in [0.25, 0.3) is 0 Å². The SMILES string of the molecule is CCc1ccnc(CC2CCCCNC2)n1. The first kappa shape index (κ1) is 11.5. The van der Waals surface area contributed by atoms with Crippen LogP contribution in [0.15, 0.2) is 12.3 Å². The molecule has 2 heterocycles. The highest BCUT2D eigenvalue weighted by atomic mass is 14.9. The summed E-state index contributed by atoms with van der Waals surface area (Å²) in [5, 5.41) is 3.49. The highest BCUT2D eigenvalue weighted by Crippen LogP contribution is 2.15. The van der Waals surface area contributed by atoms with E-state index in [1.165, 1.54) is 25.8 Å². The molecule has 0 aliphatic carbocycles. The van der Waals surface area contributed by atoms with Crippen LogP contribution in [-0.2, 0) is 12.8 Å². The van der Waals surface area contributed by atoms with E-state index in [2.05, 4.69) is 22.2 Å². The third-order valence-electron chi connectivity index (χ3n) is 3.25. The quantitative estimate of drug-likeness (QED) is 0.844. The van der Waals surface area contributed by atoms with E-state index in [9.17, 15) is 0 Å². The Morgan fingerprint density at radius 2 is 2.38 bits per heavy atom. The Kier molecular flexibility index (Phi) is 4.28. The zero-order valence-corrected chi connectivity index (χ0v) is 10.1. The van der Waals surface area contributed by atoms with E-state index < -0.39 is 0 Å². The van der Waals surface area contributed by atoms with Gasteiger partial charge in [0, 0.05) is 18.3 Å². The van der Waals surface area contributed by atoms with E-state index in [1.54, 1.807) is 0 Å². The van der Waals surface area contributed by atoms with Gasteiger partial charge in [-0.05, 0) is 44.3 Å². The molecule has 1 N–H and O–H groups in total. The Bertz CT molecular complexity index is 317. The van der Waals surface area contributed by atoms with Gasteiger partial charge in [-0.2, -0.15) is 0 Å². The van der Waals surface area contributed by atoms with Crippen molar-refractivity contribution in [2.24, 2.45) is 5.92 Å². The van der Waals surface area contributed by atoms with Gasteiger partial charge in [-0.1, -0.05) is 13.3 Å². The maximum absolute atomic E-state index is 4.58. The molecule has 0 aromatic carbocycles. The summed E-state index contributed by atoms with van der Waals surface area (Å²) in [4.78, 5) is 8.95. The molecule has 1 aromatic heterocycles. The third-order valence-corrected chi connectivity index (χ3v) is 3.25. The van der Waals surface area contributed by atoms with Gasteiger partial charge in [0.05, 0.1) is 0 Å². The molecular formula is C13H21N3. The molecule has 3 heteroatoms. The minimum Gasteiger partial charge on any atom is -0.316 e. The van der Waals surface area contributed by atoms with Crippen LogP contribution in [-0.4, -0.2) is 23.1 Å². The Morgan fingerprint density at radius 1 is 1.44 bits per heavy atom. The van der Waals surface area contributed by atoms with Crippen LogP contribution in [0.1, 0.15) is 37.7 Å². The summed E-state index contributed by atoms with van der Waals surface area (Å²) in [5.41, 5.74) is 1.16. The number of rotatable bonds is 3. The average molecular weight is 219 g/mol. The molecule has 1 unspecified atom stereocenters. The van der Waals surface area contributed by atoms with E-state index >= 15 is 0 Å². The predicted molar refractivity (Wildman–Crippen MR) is 65.3 cm³/mol. The molecule has 16 heavy (non-hydrogen) atoms. The first-order valence-corrected chi connectivity index (χ1v) is 6.40. The van der Waals surface area contributed by atoms with Crippen molar-refractivity contribution < 1.29 is 0 Å². The van der Waals surface area contributed by atoms with Crippen LogP contribution in [0, 0.1) is 5.92 Å². The average Bonchev–Trinajstić information content (AvgIpc) is 2.58. The Labute approximate surface area is 97.7 Å². The molecule has 0 bridgehead atoms. The minimum absolute atomic E-state index is 0.717. The fourth-order valence-corrected chi connectivity index (χ4v) is 2.26. The van der Waals surface area contributed by atoms with Gasteiger partial charge in [0.1, 0.15) is 5.82 Å². The van der Waals surface area contributed by atoms with Crippen molar-refractivity contribution in [1.29, 1.82) is 0 Å². The van der Waals surface area contributed by atoms with Gasteiger partial charge < -0.3 is 5.32 Å². The van der Waals surface area contributed by atoms with Gasteiger partial charge in [-0.15, -0.1) is 0 Å². The molecule has 0 amide bonds. The van der Waals surface area contributed by atoms with Crippen LogP contribution < -0.4 is 5.32 Å². The zero-order chi connectivity index (χ0) is 11.2. The monoisotopic (exact) mass is 219 g/mol. The van der Waals surface area contributed by atoms with E-state index in [0.717, 1.165) is 36.8 Å². The van der Waals surface area contributed by atoms with Crippen molar-refractivity contribution in [3.05, 3.63) is 23.8 Å². The number of aryl methyl sites for hydroxylation is 1. The van der Waals surface area contributed by atoms with Crippen LogP contribution in [0.4, 0.5) is 0 Å². The molecule has 0 spiro atoms. The van der Waals surface area contributed by atoms with Gasteiger partial charge in [-0.3, -0.25) is 0 Å². The van der Waals surface area contributed by atoms with Crippen LogP contribution in [0.5, 0.6) is 0 Å². The molecule has 2 rings (SSSR count). The molecule has 1 fully saturated rings. The highest BCUT2D eigenvalue weighted by molar-refractivity contribution is 5.02. The summed E-state index contributed by atoms with van der Waals surface area (Å²) >= 11 is 0. The number of aromatic nitrogens is 2. The van der Waals surface area contributed by atoms with Gasteiger partial charge in [0.15, 0.2) is 0 Å². The summed E-state index contributed by atoms with van der Waals surface area (Å²) < 4.78 is 0. The first-order chi connectivity index (χ1) is 7.88. The Balaban J connectivity index is 1.96. The smallest absolute Gasteiger partial charge is 0.128 e. The summed E-state index contributed by atoms with van der Waals surface area (Å²) in [5.74, 6) is 1.74. The minimum atomic E-state index is 0.717. The maximum atomic E-state index is 4.58. The van der Waals surface area contributed by atoms with Gasteiger partial charge >= 0.3 is 0 Å². The molecule has 1 aromatic rings. The number of hydrogen-bond donors (Lipinski definition) is 1. The van der Waals surface area contributed by atoms with Crippen molar-refractivity contribution in [1.82, 2.24) is 15.3 Å². The van der Waals surface area contributed by atoms with Crippen molar-refractivity contribution in [3.63, 3.8) is 0 Å². The Morgan fingerprint density at radius 3 is 3.25 bits per heavy atom. The second kappa shape index (κ2) is 5.94. The van der Waals surface area contributed by atoms with Crippen molar-refractivity contribution in [3.8, 4) is 0 Å². The van der Waals surface area contributed by atoms with E-state index in [-0.39, 0.29) is 0 Å². The lowest BCUT2D eigenvalue weighted by molar-refractivity contribution is 0.466. The summed E-state index contributed by atoms with van der Waals surface area (Å²) in [6.45, 7) is 4.44. The van der Waals surface area contributed by atoms with Crippen molar-refractivity contribution in [2.75, 3.05) is 13.1 Å². The molecule has 0 saturated carbocycles. The largest absolute Gasteiger partial charge is 0.316 e. The van der Waals surface area contributed by atoms with E-state index in [4.69, 9.17) is 0 Å². The third kappa shape index (κ3) is 3.27. The number of nitrogens with zero attached hydrogens (tertiary/aromatic N) is 2. The van der Waals surface area contributed by atoms with E-state index in [0.29, 0.717) is 0 Å². The second-order valence-corrected chi connectivity index (χ2v) is 4.59. The molecule has 0 radical (unpaired) electrons. The fraction of sp³-hybridized carbons (Fsp3) is 0.692. The lowest BCUT2D eigenvalue weighted by Gasteiger charge is -2.13. The van der Waals surface area contributed by atoms with Crippen molar-refractivity contribution in [2.45, 2.75) is 39.0 Å². The van der Waals surface area contributed by atoms with Crippen molar-refractivity contribution >= 4 is 0 Å². The van der Waals surface area contributed by atoms with Crippen LogP contribution in [0.2, 0.25) is 0 Å². The summed E-state index contributed by atoms with van der Waals surface area (Å²) in [6, 6.07) is 2.01. The van der Waals surface area contributed by atoms with Gasteiger partial charge in [0.2, 0.25) is 0 Å². The molecular weight excluding hydrogens is 198 g/mol. The molecule has 1 saturated heterocycles. The molecule has 88 valence electrons. The summed E-state index contributed by atoms with van der Waals surface area (Å²) in [6.07, 6.45) is 7.88. The number of hydrogen-bond acceptors (Lipinski definition) is 3. The lowest BCUT2D eigenvalue weighted by Crippen LogP contribution is -2.22. The second-order valence-electron chi connectivity index (χ2n) is 4.59. The topological polar surface area (TPSA) is 37.8 Å². The standard InChI is InChI=1S/C13H21N3/c1-2-12-6-8-15-13(16-12)9-11-5-3-4-7-14-10-11/h6,8,11,14H,2-5,7,9-10H2,1H3. The van der Waals surface area contributed by atoms with Crippen LogP contribution in [0.3, 0.4) is 0 Å². The maximum Gasteiger partial charge on any atom is 0.128 e. The first-order valence-electron chi connectivity index (χ1n) is 6.40. The zero-order valence-electron chi connectivity index (χ0n) is 10.1. The Hall–Kier alpha value is -0.960.